The molecule has 0 aliphatic carbocycles. The lowest BCUT2D eigenvalue weighted by atomic mass is 10.3. The Hall–Kier alpha value is -2.35. The molecule has 7 nitrogen and oxygen atoms in total. The molecule has 1 aromatic heterocycles. The van der Waals surface area contributed by atoms with Crippen molar-refractivity contribution in [3.05, 3.63) is 36.0 Å². The highest BCUT2D eigenvalue weighted by Crippen LogP contribution is 2.25. The third-order valence-corrected chi connectivity index (χ3v) is 3.53. The van der Waals surface area contributed by atoms with E-state index in [2.05, 4.69) is 5.10 Å². The maximum Gasteiger partial charge on any atom is 0.358 e. The molecule has 0 unspecified atom stereocenters. The predicted octanol–water partition coefficient (Wildman–Crippen LogP) is 0.556. The van der Waals surface area contributed by atoms with Crippen LogP contribution in [0.3, 0.4) is 0 Å². The second-order valence-corrected chi connectivity index (χ2v) is 5.82. The lowest BCUT2D eigenvalue weighted by Crippen LogP contribution is -2.09. The lowest BCUT2D eigenvalue weighted by Gasteiger charge is -2.05. The summed E-state index contributed by atoms with van der Waals surface area (Å²) in [5.74, 6) is -1.38. The predicted molar refractivity (Wildman–Crippen MR) is 68.0 cm³/mol. The summed E-state index contributed by atoms with van der Waals surface area (Å²) in [4.78, 5) is 11.0. The van der Waals surface area contributed by atoms with E-state index in [1.54, 1.807) is 30.3 Å². The summed E-state index contributed by atoms with van der Waals surface area (Å²) in [6.07, 6.45) is 0.950. The van der Waals surface area contributed by atoms with Crippen molar-refractivity contribution in [2.45, 2.75) is 5.03 Å². The number of nitrogens with two attached hydrogens (primary N) is 1. The molecule has 0 radical (unpaired) electrons. The summed E-state index contributed by atoms with van der Waals surface area (Å²) in [7, 11) is -3.71. The highest BCUT2D eigenvalue weighted by molar-refractivity contribution is 7.90. The van der Waals surface area contributed by atoms with Crippen molar-refractivity contribution in [3.8, 4) is 5.69 Å². The second kappa shape index (κ2) is 4.39. The molecule has 0 aliphatic rings. The molecule has 0 atom stereocenters. The summed E-state index contributed by atoms with van der Waals surface area (Å²) in [6, 6.07) is 8.31. The van der Waals surface area contributed by atoms with E-state index in [1.165, 1.54) is 0 Å². The summed E-state index contributed by atoms with van der Waals surface area (Å²) >= 11 is 0. The Morgan fingerprint density at radius 2 is 1.89 bits per heavy atom. The smallest absolute Gasteiger partial charge is 0.358 e. The monoisotopic (exact) mass is 281 g/mol. The van der Waals surface area contributed by atoms with E-state index in [4.69, 9.17) is 10.8 Å². The minimum Gasteiger partial charge on any atom is -0.476 e. The maximum atomic E-state index is 11.8. The van der Waals surface area contributed by atoms with Crippen LogP contribution in [-0.2, 0) is 9.84 Å². The van der Waals surface area contributed by atoms with Crippen LogP contribution in [0.25, 0.3) is 5.69 Å². The minimum atomic E-state index is -3.71. The first-order valence-corrected chi connectivity index (χ1v) is 7.09. The van der Waals surface area contributed by atoms with Crippen LogP contribution in [0, 0.1) is 0 Å². The van der Waals surface area contributed by atoms with Gasteiger partial charge in [-0.05, 0) is 12.1 Å². The lowest BCUT2D eigenvalue weighted by molar-refractivity contribution is 0.0691. The van der Waals surface area contributed by atoms with Crippen LogP contribution in [0.15, 0.2) is 35.4 Å². The van der Waals surface area contributed by atoms with Gasteiger partial charge in [-0.15, -0.1) is 0 Å². The van der Waals surface area contributed by atoms with Crippen LogP contribution in [0.2, 0.25) is 0 Å². The van der Waals surface area contributed by atoms with Gasteiger partial charge in [-0.2, -0.15) is 5.10 Å². The van der Waals surface area contributed by atoms with E-state index < -0.39 is 21.5 Å². The van der Waals surface area contributed by atoms with Crippen molar-refractivity contribution in [1.82, 2.24) is 9.78 Å². The van der Waals surface area contributed by atoms with Gasteiger partial charge >= 0.3 is 5.97 Å². The molecular weight excluding hydrogens is 270 g/mol. The number of anilines is 1. The molecule has 0 bridgehead atoms. The topological polar surface area (TPSA) is 115 Å². The van der Waals surface area contributed by atoms with E-state index in [9.17, 15) is 13.2 Å². The Morgan fingerprint density at radius 3 is 2.37 bits per heavy atom. The summed E-state index contributed by atoms with van der Waals surface area (Å²) in [6.45, 7) is 0. The Balaban J connectivity index is 2.81. The van der Waals surface area contributed by atoms with Crippen LogP contribution >= 0.6 is 0 Å². The fourth-order valence-electron chi connectivity index (χ4n) is 1.67. The number of para-hydroxylation sites is 1. The molecule has 0 saturated heterocycles. The molecule has 0 saturated carbocycles. The van der Waals surface area contributed by atoms with Crippen molar-refractivity contribution >= 4 is 21.5 Å². The van der Waals surface area contributed by atoms with Gasteiger partial charge in [-0.3, -0.25) is 0 Å². The summed E-state index contributed by atoms with van der Waals surface area (Å²) < 4.78 is 24.5. The van der Waals surface area contributed by atoms with Gasteiger partial charge in [0.2, 0.25) is 0 Å². The van der Waals surface area contributed by atoms with Gasteiger partial charge in [0.15, 0.2) is 20.6 Å². The van der Waals surface area contributed by atoms with Crippen LogP contribution in [0.4, 0.5) is 5.69 Å². The van der Waals surface area contributed by atoms with Gasteiger partial charge < -0.3 is 10.8 Å². The van der Waals surface area contributed by atoms with Gasteiger partial charge in [-0.25, -0.2) is 17.9 Å². The summed E-state index contributed by atoms with van der Waals surface area (Å²) in [5, 5.41) is 12.4. The standard InChI is InChI=1S/C11H11N3O4S/c1-19(17,18)10-8(12)9(11(15)16)13-14(10)7-5-3-2-4-6-7/h2-6H,12H2,1H3,(H,15,16). The zero-order valence-corrected chi connectivity index (χ0v) is 10.8. The number of carboxylic acid groups (broad SMARTS) is 1. The zero-order chi connectivity index (χ0) is 14.2. The van der Waals surface area contributed by atoms with E-state index >= 15 is 0 Å². The van der Waals surface area contributed by atoms with E-state index in [0.29, 0.717) is 5.69 Å². The molecule has 0 fully saturated rings. The largest absolute Gasteiger partial charge is 0.476 e. The number of hydrogen-bond acceptors (Lipinski definition) is 5. The Bertz CT molecular complexity index is 735. The highest BCUT2D eigenvalue weighted by Gasteiger charge is 2.27. The van der Waals surface area contributed by atoms with Gasteiger partial charge in [-0.1, -0.05) is 18.2 Å². The molecular formula is C11H11N3O4S. The number of benzene rings is 1. The molecule has 8 heteroatoms. The molecule has 19 heavy (non-hydrogen) atoms. The molecule has 2 rings (SSSR count). The summed E-state index contributed by atoms with van der Waals surface area (Å²) in [5.41, 5.74) is 5.16. The Morgan fingerprint density at radius 1 is 1.32 bits per heavy atom. The number of hydrogen-bond donors (Lipinski definition) is 2. The SMILES string of the molecule is CS(=O)(=O)c1c(N)c(C(=O)O)nn1-c1ccccc1. The third kappa shape index (κ3) is 2.29. The molecule has 100 valence electrons. The molecule has 2 aromatic rings. The first-order chi connectivity index (χ1) is 8.82. The first kappa shape index (κ1) is 13.1. The first-order valence-electron chi connectivity index (χ1n) is 5.19. The van der Waals surface area contributed by atoms with Crippen molar-refractivity contribution in [1.29, 1.82) is 0 Å². The number of nitrogen functional groups attached to an aromatic ring is 1. The van der Waals surface area contributed by atoms with E-state index in [-0.39, 0.29) is 10.7 Å². The van der Waals surface area contributed by atoms with Gasteiger partial charge in [0.05, 0.1) is 5.69 Å². The third-order valence-electron chi connectivity index (χ3n) is 2.43. The number of carbonyl (C=O) groups is 1. The van der Waals surface area contributed by atoms with E-state index in [1.807, 2.05) is 0 Å². The van der Waals surface area contributed by atoms with Crippen molar-refractivity contribution in [2.75, 3.05) is 12.0 Å². The molecule has 0 aliphatic heterocycles. The van der Waals surface area contributed by atoms with Crippen molar-refractivity contribution in [3.63, 3.8) is 0 Å². The number of nitrogens with zero attached hydrogens (tertiary/aromatic N) is 2. The van der Waals surface area contributed by atoms with Gasteiger partial charge in [0, 0.05) is 6.26 Å². The molecule has 0 amide bonds. The average molecular weight is 281 g/mol. The van der Waals surface area contributed by atoms with Crippen molar-refractivity contribution < 1.29 is 18.3 Å². The molecule has 1 aromatic carbocycles. The fourth-order valence-corrected chi connectivity index (χ4v) is 2.63. The van der Waals surface area contributed by atoms with Gasteiger partial charge in [0.1, 0.15) is 5.69 Å². The second-order valence-electron chi connectivity index (χ2n) is 3.89. The highest BCUT2D eigenvalue weighted by atomic mass is 32.2. The zero-order valence-electron chi connectivity index (χ0n) is 9.94. The number of aromatic carboxylic acids is 1. The number of carboxylic acids is 1. The van der Waals surface area contributed by atoms with Gasteiger partial charge in [0.25, 0.3) is 0 Å². The number of rotatable bonds is 3. The quantitative estimate of drug-likeness (QED) is 0.849. The minimum absolute atomic E-state index is 0.323. The van der Waals surface area contributed by atoms with Crippen LogP contribution < -0.4 is 5.73 Å². The maximum absolute atomic E-state index is 11.8. The van der Waals surface area contributed by atoms with Crippen LogP contribution in [0.1, 0.15) is 10.5 Å². The molecule has 0 spiro atoms. The van der Waals surface area contributed by atoms with Crippen molar-refractivity contribution in [2.24, 2.45) is 0 Å². The number of aromatic nitrogens is 2. The Labute approximate surface area is 109 Å². The average Bonchev–Trinajstić information content (AvgIpc) is 2.68. The van der Waals surface area contributed by atoms with Crippen LogP contribution in [-0.4, -0.2) is 35.5 Å². The van der Waals surface area contributed by atoms with Crippen LogP contribution in [0.5, 0.6) is 0 Å². The number of sulfone groups is 1. The van der Waals surface area contributed by atoms with E-state index in [0.717, 1.165) is 10.9 Å². The fraction of sp³-hybridized carbons (Fsp3) is 0.0909. The molecule has 3 N–H and O–H groups in total. The Kier molecular flexibility index (Phi) is 3.03. The normalized spacial score (nSPS) is 11.4. The molecule has 1 heterocycles.